The minimum atomic E-state index is -0.255. The van der Waals surface area contributed by atoms with Gasteiger partial charge in [-0.05, 0) is 42.5 Å². The Labute approximate surface area is 153 Å². The van der Waals surface area contributed by atoms with Gasteiger partial charge in [-0.15, -0.1) is 0 Å². The van der Waals surface area contributed by atoms with Gasteiger partial charge >= 0.3 is 0 Å². The average molecular weight is 378 g/mol. The molecule has 7 heteroatoms. The molecule has 1 aliphatic rings. The number of phenols is 1. The van der Waals surface area contributed by atoms with E-state index in [1.54, 1.807) is 42.5 Å². The molecule has 0 atom stereocenters. The number of thiocarbonyl (C=S) groups is 1. The maximum absolute atomic E-state index is 12.7. The van der Waals surface area contributed by atoms with Gasteiger partial charge in [0, 0.05) is 10.6 Å². The summed E-state index contributed by atoms with van der Waals surface area (Å²) in [6.07, 6.45) is 1.60. The van der Waals surface area contributed by atoms with Crippen LogP contribution in [0.4, 0.5) is 5.69 Å². The Hall–Kier alpha value is -2.02. The van der Waals surface area contributed by atoms with Gasteiger partial charge in [0.25, 0.3) is 5.91 Å². The Balaban J connectivity index is 1.97. The summed E-state index contributed by atoms with van der Waals surface area (Å²) in [6.45, 7) is 0. The number of carbonyl (C=O) groups is 1. The second kappa shape index (κ2) is 6.84. The van der Waals surface area contributed by atoms with Gasteiger partial charge in [-0.1, -0.05) is 41.6 Å². The monoisotopic (exact) mass is 377 g/mol. The highest BCUT2D eigenvalue weighted by Gasteiger charge is 2.33. The van der Waals surface area contributed by atoms with E-state index in [0.29, 0.717) is 31.2 Å². The third-order valence-electron chi connectivity index (χ3n) is 3.38. The molecule has 0 radical (unpaired) electrons. The van der Waals surface area contributed by atoms with E-state index >= 15 is 0 Å². The van der Waals surface area contributed by atoms with Gasteiger partial charge < -0.3 is 9.84 Å². The average Bonchev–Trinajstić information content (AvgIpc) is 2.83. The number of benzene rings is 2. The Bertz CT molecular complexity index is 867. The number of methoxy groups -OCH3 is 1. The Morgan fingerprint density at radius 3 is 2.79 bits per heavy atom. The van der Waals surface area contributed by atoms with E-state index in [2.05, 4.69) is 0 Å². The van der Waals surface area contributed by atoms with Crippen LogP contribution in [0.2, 0.25) is 5.02 Å². The normalized spacial score (nSPS) is 16.1. The standard InChI is InChI=1S/C17H12ClNO3S2/c1-22-13-5-6-14(20)10(7-13)8-15-16(21)19(17(23)24-15)12-4-2-3-11(18)9-12/h2-9,20H,1H3/b15-8-. The summed E-state index contributed by atoms with van der Waals surface area (Å²) in [5, 5.41) is 10.5. The van der Waals surface area contributed by atoms with Crippen molar-refractivity contribution in [1.82, 2.24) is 0 Å². The van der Waals surface area contributed by atoms with Gasteiger partial charge in [0.2, 0.25) is 0 Å². The molecule has 2 aromatic carbocycles. The molecule has 1 aliphatic heterocycles. The van der Waals surface area contributed by atoms with Gasteiger partial charge in [0.05, 0.1) is 17.7 Å². The smallest absolute Gasteiger partial charge is 0.270 e. The molecule has 1 saturated heterocycles. The fourth-order valence-corrected chi connectivity index (χ4v) is 3.70. The molecule has 0 bridgehead atoms. The predicted octanol–water partition coefficient (Wildman–Crippen LogP) is 4.46. The number of amides is 1. The van der Waals surface area contributed by atoms with Crippen LogP contribution in [0.1, 0.15) is 5.56 Å². The summed E-state index contributed by atoms with van der Waals surface area (Å²) in [5.41, 5.74) is 1.10. The van der Waals surface area contributed by atoms with E-state index in [9.17, 15) is 9.90 Å². The molecule has 0 unspecified atom stereocenters. The molecule has 1 N–H and O–H groups in total. The summed E-state index contributed by atoms with van der Waals surface area (Å²) < 4.78 is 5.56. The highest BCUT2D eigenvalue weighted by Crippen LogP contribution is 2.38. The van der Waals surface area contributed by atoms with Crippen LogP contribution in [-0.2, 0) is 4.79 Å². The van der Waals surface area contributed by atoms with E-state index in [1.807, 2.05) is 0 Å². The highest BCUT2D eigenvalue weighted by atomic mass is 35.5. The first-order valence-electron chi connectivity index (χ1n) is 6.90. The van der Waals surface area contributed by atoms with Crippen LogP contribution in [-0.4, -0.2) is 22.4 Å². The lowest BCUT2D eigenvalue weighted by Gasteiger charge is -2.14. The summed E-state index contributed by atoms with van der Waals surface area (Å²) in [7, 11) is 1.54. The number of anilines is 1. The number of hydrogen-bond acceptors (Lipinski definition) is 5. The summed E-state index contributed by atoms with van der Waals surface area (Å²) in [5.74, 6) is 0.391. The molecule has 4 nitrogen and oxygen atoms in total. The van der Waals surface area contributed by atoms with Crippen LogP contribution in [0.25, 0.3) is 6.08 Å². The van der Waals surface area contributed by atoms with E-state index in [0.717, 1.165) is 0 Å². The first-order valence-corrected chi connectivity index (χ1v) is 8.50. The van der Waals surface area contributed by atoms with Crippen molar-refractivity contribution < 1.29 is 14.6 Å². The van der Waals surface area contributed by atoms with Gasteiger partial charge in [-0.2, -0.15) is 0 Å². The second-order valence-corrected chi connectivity index (χ2v) is 7.03. The summed E-state index contributed by atoms with van der Waals surface area (Å²) >= 11 is 12.5. The van der Waals surface area contributed by atoms with Crippen LogP contribution in [0, 0.1) is 0 Å². The molecule has 24 heavy (non-hydrogen) atoms. The van der Waals surface area contributed by atoms with Crippen LogP contribution >= 0.6 is 35.6 Å². The molecule has 0 aromatic heterocycles. The zero-order valence-corrected chi connectivity index (χ0v) is 14.9. The maximum Gasteiger partial charge on any atom is 0.270 e. The third kappa shape index (κ3) is 3.26. The number of halogens is 1. The molecular formula is C17H12ClNO3S2. The van der Waals surface area contributed by atoms with Crippen LogP contribution in [0.3, 0.4) is 0 Å². The van der Waals surface area contributed by atoms with Crippen molar-refractivity contribution in [3.05, 3.63) is 58.0 Å². The van der Waals surface area contributed by atoms with Crippen molar-refractivity contribution in [2.75, 3.05) is 12.0 Å². The van der Waals surface area contributed by atoms with Crippen LogP contribution < -0.4 is 9.64 Å². The topological polar surface area (TPSA) is 49.8 Å². The number of ether oxygens (including phenoxy) is 1. The van der Waals surface area contributed by atoms with Crippen molar-refractivity contribution in [1.29, 1.82) is 0 Å². The van der Waals surface area contributed by atoms with Gasteiger partial charge in [-0.3, -0.25) is 9.69 Å². The SMILES string of the molecule is COc1ccc(O)c(/C=C2\SC(=S)N(c3cccc(Cl)c3)C2=O)c1. The van der Waals surface area contributed by atoms with Gasteiger partial charge in [-0.25, -0.2) is 0 Å². The lowest BCUT2D eigenvalue weighted by Crippen LogP contribution is -2.27. The molecule has 2 aromatic rings. The van der Waals surface area contributed by atoms with E-state index in [-0.39, 0.29) is 11.7 Å². The van der Waals surface area contributed by atoms with Crippen LogP contribution in [0.5, 0.6) is 11.5 Å². The van der Waals surface area contributed by atoms with Crippen molar-refractivity contribution >= 4 is 57.6 Å². The minimum absolute atomic E-state index is 0.0591. The third-order valence-corrected chi connectivity index (χ3v) is 4.92. The molecule has 3 rings (SSSR count). The molecule has 0 spiro atoms. The zero-order chi connectivity index (χ0) is 17.3. The highest BCUT2D eigenvalue weighted by molar-refractivity contribution is 8.27. The number of rotatable bonds is 3. The lowest BCUT2D eigenvalue weighted by molar-refractivity contribution is -0.113. The maximum atomic E-state index is 12.7. The second-order valence-electron chi connectivity index (χ2n) is 4.92. The molecule has 122 valence electrons. The minimum Gasteiger partial charge on any atom is -0.507 e. The largest absolute Gasteiger partial charge is 0.507 e. The summed E-state index contributed by atoms with van der Waals surface area (Å²) in [4.78, 5) is 14.5. The number of aromatic hydroxyl groups is 1. The molecule has 1 heterocycles. The van der Waals surface area contributed by atoms with Gasteiger partial charge in [0.15, 0.2) is 4.32 Å². The van der Waals surface area contributed by atoms with Crippen molar-refractivity contribution in [2.45, 2.75) is 0 Å². The number of nitrogens with zero attached hydrogens (tertiary/aromatic N) is 1. The fourth-order valence-electron chi connectivity index (χ4n) is 2.22. The van der Waals surface area contributed by atoms with Crippen LogP contribution in [0.15, 0.2) is 47.4 Å². The summed E-state index contributed by atoms with van der Waals surface area (Å²) in [6, 6.07) is 11.7. The van der Waals surface area contributed by atoms with Crippen molar-refractivity contribution in [2.24, 2.45) is 0 Å². The predicted molar refractivity (Wildman–Crippen MR) is 102 cm³/mol. The van der Waals surface area contributed by atoms with Crippen molar-refractivity contribution in [3.63, 3.8) is 0 Å². The first kappa shape index (κ1) is 16.8. The zero-order valence-electron chi connectivity index (χ0n) is 12.5. The van der Waals surface area contributed by atoms with Crippen molar-refractivity contribution in [3.8, 4) is 11.5 Å². The number of thioether (sulfide) groups is 1. The Kier molecular flexibility index (Phi) is 4.80. The molecular weight excluding hydrogens is 366 g/mol. The van der Waals surface area contributed by atoms with E-state index < -0.39 is 0 Å². The Morgan fingerprint density at radius 2 is 2.08 bits per heavy atom. The molecule has 1 fully saturated rings. The molecule has 0 aliphatic carbocycles. The molecule has 0 saturated carbocycles. The quantitative estimate of drug-likeness (QED) is 0.632. The number of carbonyl (C=O) groups excluding carboxylic acids is 1. The van der Waals surface area contributed by atoms with E-state index in [1.165, 1.54) is 29.8 Å². The lowest BCUT2D eigenvalue weighted by atomic mass is 10.1. The molecule has 1 amide bonds. The number of hydrogen-bond donors (Lipinski definition) is 1. The fraction of sp³-hybridized carbons (Fsp3) is 0.0588. The first-order chi connectivity index (χ1) is 11.5. The Morgan fingerprint density at radius 1 is 1.29 bits per heavy atom. The number of phenolic OH excluding ortho intramolecular Hbond substituents is 1. The van der Waals surface area contributed by atoms with Gasteiger partial charge in [0.1, 0.15) is 11.5 Å². The van der Waals surface area contributed by atoms with E-state index in [4.69, 9.17) is 28.6 Å².